The van der Waals surface area contributed by atoms with Crippen LogP contribution in [0.5, 0.6) is 0 Å². The van der Waals surface area contributed by atoms with Gasteiger partial charge in [0.15, 0.2) is 0 Å². The molecule has 3 fully saturated rings. The lowest BCUT2D eigenvalue weighted by molar-refractivity contribution is 0.102. The first-order valence-corrected chi connectivity index (χ1v) is 16.6. The summed E-state index contributed by atoms with van der Waals surface area (Å²) in [5.41, 5.74) is 4.67. The third-order valence-electron chi connectivity index (χ3n) is 8.49. The minimum atomic E-state index is -0.0187. The highest BCUT2D eigenvalue weighted by Gasteiger charge is 2.24. The zero-order valence-corrected chi connectivity index (χ0v) is 25.1. The monoisotopic (exact) mass is 598 g/mol. The number of benzene rings is 2. The van der Waals surface area contributed by atoms with Gasteiger partial charge >= 0.3 is 0 Å². The molecule has 3 aliphatic rings. The van der Waals surface area contributed by atoms with Crippen LogP contribution in [0.3, 0.4) is 0 Å². The lowest BCUT2D eigenvalue weighted by Crippen LogP contribution is -2.46. The Kier molecular flexibility index (Phi) is 7.86. The van der Waals surface area contributed by atoms with E-state index < -0.39 is 0 Å². The van der Waals surface area contributed by atoms with Crippen molar-refractivity contribution < 1.29 is 9.59 Å². The van der Waals surface area contributed by atoms with Gasteiger partial charge in [-0.25, -0.2) is 9.97 Å². The lowest BCUT2D eigenvalue weighted by Gasteiger charge is -2.37. The van der Waals surface area contributed by atoms with Crippen LogP contribution in [0.4, 0.5) is 11.4 Å². The highest BCUT2D eigenvalue weighted by atomic mass is 32.1. The van der Waals surface area contributed by atoms with Crippen molar-refractivity contribution in [1.82, 2.24) is 20.6 Å². The highest BCUT2D eigenvalue weighted by molar-refractivity contribution is 7.10. The van der Waals surface area contributed by atoms with Crippen molar-refractivity contribution in [3.05, 3.63) is 91.8 Å². The van der Waals surface area contributed by atoms with Gasteiger partial charge in [0.2, 0.25) is 11.6 Å². The van der Waals surface area contributed by atoms with Crippen LogP contribution in [0.25, 0.3) is 0 Å². The maximum Gasteiger partial charge on any atom is 0.212 e. The molecule has 0 amide bonds. The van der Waals surface area contributed by atoms with Gasteiger partial charge in [-0.3, -0.25) is 9.59 Å². The Morgan fingerprint density at radius 1 is 0.643 bits per heavy atom. The summed E-state index contributed by atoms with van der Waals surface area (Å²) in [5.74, 6) is -0.0373. The maximum absolute atomic E-state index is 13.0. The number of piperazine rings is 1. The normalized spacial score (nSPS) is 20.8. The molecule has 0 radical (unpaired) electrons. The number of nitrogens with zero attached hydrogens (tertiary/aromatic N) is 4. The molecule has 4 aromatic rings. The Morgan fingerprint density at radius 2 is 1.05 bits per heavy atom. The molecule has 2 aromatic carbocycles. The predicted octanol–water partition coefficient (Wildman–Crippen LogP) is 5.24. The summed E-state index contributed by atoms with van der Waals surface area (Å²) in [5, 5.41) is 12.7. The minimum Gasteiger partial charge on any atom is -0.368 e. The van der Waals surface area contributed by atoms with E-state index in [2.05, 4.69) is 30.4 Å². The van der Waals surface area contributed by atoms with E-state index in [-0.39, 0.29) is 23.7 Å². The van der Waals surface area contributed by atoms with Crippen molar-refractivity contribution in [3.8, 4) is 0 Å². The first-order chi connectivity index (χ1) is 20.6. The van der Waals surface area contributed by atoms with Gasteiger partial charge < -0.3 is 20.4 Å². The number of hydrogen-bond acceptors (Lipinski definition) is 10. The van der Waals surface area contributed by atoms with Gasteiger partial charge in [0.05, 0.1) is 12.1 Å². The van der Waals surface area contributed by atoms with Crippen LogP contribution in [-0.4, -0.2) is 60.8 Å². The van der Waals surface area contributed by atoms with Crippen LogP contribution in [0.2, 0.25) is 0 Å². The molecule has 42 heavy (non-hydrogen) atoms. The van der Waals surface area contributed by atoms with Gasteiger partial charge in [-0.15, -0.1) is 22.7 Å². The number of aromatic nitrogens is 2. The molecule has 2 atom stereocenters. The van der Waals surface area contributed by atoms with Crippen molar-refractivity contribution in [2.75, 3.05) is 49.1 Å². The maximum atomic E-state index is 13.0. The van der Waals surface area contributed by atoms with Gasteiger partial charge in [-0.1, -0.05) is 0 Å². The molecule has 10 heteroatoms. The zero-order chi connectivity index (χ0) is 28.5. The Hall–Kier alpha value is -3.44. The van der Waals surface area contributed by atoms with Crippen LogP contribution in [0.1, 0.15) is 79.9 Å². The topological polar surface area (TPSA) is 90.5 Å². The van der Waals surface area contributed by atoms with E-state index in [1.165, 1.54) is 0 Å². The molecule has 3 aliphatic heterocycles. The fourth-order valence-corrected chi connectivity index (χ4v) is 7.88. The SMILES string of the molecule is O=C(c1ccc(N2CCN(c3ccc(C(=O)c4csc([C@@H]5CCCN5)n4)cc3)CC2)cc1)c1csc(C2CCCN2)n1. The molecular weight excluding hydrogens is 565 g/mol. The van der Waals surface area contributed by atoms with Gasteiger partial charge in [0, 0.05) is 59.4 Å². The van der Waals surface area contributed by atoms with E-state index in [0.717, 1.165) is 86.3 Å². The van der Waals surface area contributed by atoms with Crippen molar-refractivity contribution in [3.63, 3.8) is 0 Å². The van der Waals surface area contributed by atoms with E-state index in [4.69, 9.17) is 0 Å². The number of ketones is 2. The summed E-state index contributed by atoms with van der Waals surface area (Å²) in [6.07, 6.45) is 4.48. The Morgan fingerprint density at radius 3 is 1.40 bits per heavy atom. The fourth-order valence-electron chi connectivity index (χ4n) is 6.06. The molecule has 0 spiro atoms. The molecule has 0 saturated carbocycles. The molecule has 1 unspecified atom stereocenters. The summed E-state index contributed by atoms with van der Waals surface area (Å²) in [4.78, 5) is 40.1. The van der Waals surface area contributed by atoms with E-state index >= 15 is 0 Å². The van der Waals surface area contributed by atoms with E-state index in [0.29, 0.717) is 22.5 Å². The molecule has 3 saturated heterocycles. The third-order valence-corrected chi connectivity index (χ3v) is 10.4. The molecule has 2 N–H and O–H groups in total. The second kappa shape index (κ2) is 12.0. The molecule has 2 aromatic heterocycles. The summed E-state index contributed by atoms with van der Waals surface area (Å²) < 4.78 is 0. The smallest absolute Gasteiger partial charge is 0.212 e. The first kappa shape index (κ1) is 27.4. The van der Waals surface area contributed by atoms with Gasteiger partial charge in [0.25, 0.3) is 0 Å². The van der Waals surface area contributed by atoms with Gasteiger partial charge in [-0.05, 0) is 87.3 Å². The van der Waals surface area contributed by atoms with E-state index in [1.807, 2.05) is 59.3 Å². The number of thiazole rings is 2. The van der Waals surface area contributed by atoms with E-state index in [9.17, 15) is 9.59 Å². The first-order valence-electron chi connectivity index (χ1n) is 14.8. The molecule has 0 bridgehead atoms. The van der Waals surface area contributed by atoms with Crippen LogP contribution in [0, 0.1) is 0 Å². The van der Waals surface area contributed by atoms with Crippen LogP contribution in [-0.2, 0) is 0 Å². The second-order valence-corrected chi connectivity index (χ2v) is 12.9. The number of nitrogens with one attached hydrogen (secondary N) is 2. The second-order valence-electron chi connectivity index (χ2n) is 11.2. The van der Waals surface area contributed by atoms with Crippen LogP contribution < -0.4 is 20.4 Å². The van der Waals surface area contributed by atoms with Gasteiger partial charge in [0.1, 0.15) is 21.4 Å². The van der Waals surface area contributed by atoms with Gasteiger partial charge in [-0.2, -0.15) is 0 Å². The molecule has 7 rings (SSSR count). The quantitative estimate of drug-likeness (QED) is 0.266. The molecule has 8 nitrogen and oxygen atoms in total. The average Bonchev–Trinajstić information content (AvgIpc) is 3.88. The molecule has 216 valence electrons. The molecule has 0 aliphatic carbocycles. The van der Waals surface area contributed by atoms with Crippen molar-refractivity contribution in [1.29, 1.82) is 0 Å². The lowest BCUT2D eigenvalue weighted by atomic mass is 10.1. The minimum absolute atomic E-state index is 0.0187. The summed E-state index contributed by atoms with van der Waals surface area (Å²) in [6.45, 7) is 5.57. The Balaban J connectivity index is 0.935. The van der Waals surface area contributed by atoms with E-state index in [1.54, 1.807) is 22.7 Å². The predicted molar refractivity (Wildman–Crippen MR) is 168 cm³/mol. The number of hydrogen-bond donors (Lipinski definition) is 2. The standard InChI is InChI=1S/C32H34N6O2S2/c39-29(27-19-41-31(35-27)25-3-1-13-33-25)21-5-9-23(10-6-21)37-15-17-38(18-16-37)24-11-7-22(8-12-24)30(40)28-20-42-32(36-28)26-4-2-14-34-26/h5-12,19-20,25-26,33-34H,1-4,13-18H2/t25-,26?/m0/s1. The number of anilines is 2. The summed E-state index contributed by atoms with van der Waals surface area (Å²) in [7, 11) is 0. The van der Waals surface area contributed by atoms with Crippen molar-refractivity contribution in [2.24, 2.45) is 0 Å². The van der Waals surface area contributed by atoms with Crippen molar-refractivity contribution >= 4 is 45.6 Å². The Bertz CT molecular complexity index is 1430. The summed E-state index contributed by atoms with van der Waals surface area (Å²) >= 11 is 3.14. The number of rotatable bonds is 8. The molecular formula is C32H34N6O2S2. The Labute approximate surface area is 253 Å². The number of carbonyl (C=O) groups excluding carboxylic acids is 2. The fraction of sp³-hybridized carbons (Fsp3) is 0.375. The number of carbonyl (C=O) groups is 2. The largest absolute Gasteiger partial charge is 0.368 e. The van der Waals surface area contributed by atoms with Crippen LogP contribution >= 0.6 is 22.7 Å². The average molecular weight is 599 g/mol. The van der Waals surface area contributed by atoms with Crippen LogP contribution in [0.15, 0.2) is 59.3 Å². The third kappa shape index (κ3) is 5.64. The van der Waals surface area contributed by atoms with Crippen molar-refractivity contribution in [2.45, 2.75) is 37.8 Å². The zero-order valence-electron chi connectivity index (χ0n) is 23.4. The summed E-state index contributed by atoms with van der Waals surface area (Å²) in [6, 6.07) is 16.4. The highest BCUT2D eigenvalue weighted by Crippen LogP contribution is 2.29. The molecule has 5 heterocycles.